The summed E-state index contributed by atoms with van der Waals surface area (Å²) in [6, 6.07) is 16.3. The average Bonchev–Trinajstić information content (AvgIpc) is 2.61. The summed E-state index contributed by atoms with van der Waals surface area (Å²) in [5.74, 6) is 0.678. The molecule has 0 atom stereocenters. The molecular weight excluding hydrogens is 343 g/mol. The van der Waals surface area contributed by atoms with Crippen molar-refractivity contribution in [3.05, 3.63) is 64.1 Å². The van der Waals surface area contributed by atoms with E-state index in [1.807, 2.05) is 12.1 Å². The Labute approximate surface area is 153 Å². The van der Waals surface area contributed by atoms with Crippen LogP contribution in [0, 0.1) is 0 Å². The van der Waals surface area contributed by atoms with E-state index in [1.54, 1.807) is 15.9 Å². The standard InChI is InChI=1S/C19H22Cl2N2O/c20-17-7-4-8-18(19(17)21)24-14-13-22-9-11-23(12-10-22)15-16-5-2-1-3-6-16/h1-8H,9-15H2/p+2. The topological polar surface area (TPSA) is 18.1 Å². The minimum absolute atomic E-state index is 0.506. The highest BCUT2D eigenvalue weighted by Crippen LogP contribution is 2.31. The van der Waals surface area contributed by atoms with Gasteiger partial charge in [-0.05, 0) is 12.1 Å². The van der Waals surface area contributed by atoms with Crippen molar-refractivity contribution in [1.29, 1.82) is 0 Å². The molecule has 3 rings (SSSR count). The molecule has 128 valence electrons. The molecule has 1 aliphatic heterocycles. The Balaban J connectivity index is 1.39. The van der Waals surface area contributed by atoms with Crippen LogP contribution in [0.1, 0.15) is 5.56 Å². The average molecular weight is 367 g/mol. The lowest BCUT2D eigenvalue weighted by molar-refractivity contribution is -1.02. The van der Waals surface area contributed by atoms with Crippen LogP contribution in [0.4, 0.5) is 0 Å². The van der Waals surface area contributed by atoms with Gasteiger partial charge in [-0.2, -0.15) is 0 Å². The number of ether oxygens (including phenoxy) is 1. The molecular formula is C19H24Cl2N2O+2. The lowest BCUT2D eigenvalue weighted by Gasteiger charge is -2.29. The fraction of sp³-hybridized carbons (Fsp3) is 0.368. The second-order valence-electron chi connectivity index (χ2n) is 6.31. The maximum atomic E-state index is 6.14. The van der Waals surface area contributed by atoms with E-state index in [4.69, 9.17) is 27.9 Å². The van der Waals surface area contributed by atoms with Gasteiger partial charge in [0.2, 0.25) is 0 Å². The molecule has 0 unspecified atom stereocenters. The van der Waals surface area contributed by atoms with E-state index in [1.165, 1.54) is 31.7 Å². The van der Waals surface area contributed by atoms with Crippen molar-refractivity contribution in [3.63, 3.8) is 0 Å². The maximum absolute atomic E-state index is 6.14. The Morgan fingerprint density at radius 3 is 2.29 bits per heavy atom. The number of nitrogens with one attached hydrogen (secondary N) is 2. The lowest BCUT2D eigenvalue weighted by Crippen LogP contribution is -3.27. The van der Waals surface area contributed by atoms with Crippen molar-refractivity contribution >= 4 is 23.2 Å². The van der Waals surface area contributed by atoms with Crippen molar-refractivity contribution in [2.45, 2.75) is 6.54 Å². The molecule has 0 bridgehead atoms. The molecule has 2 aromatic rings. The second kappa shape index (κ2) is 8.72. The Hall–Kier alpha value is -1.26. The van der Waals surface area contributed by atoms with Gasteiger partial charge in [0.05, 0.1) is 5.02 Å². The first-order chi connectivity index (χ1) is 11.7. The zero-order chi connectivity index (χ0) is 16.8. The third kappa shape index (κ3) is 4.87. The normalized spacial score (nSPS) is 20.8. The molecule has 1 aliphatic rings. The van der Waals surface area contributed by atoms with Gasteiger partial charge in [-0.3, -0.25) is 0 Å². The summed E-state index contributed by atoms with van der Waals surface area (Å²) < 4.78 is 5.80. The first kappa shape index (κ1) is 17.6. The van der Waals surface area contributed by atoms with E-state index >= 15 is 0 Å². The van der Waals surface area contributed by atoms with Crippen LogP contribution in [0.2, 0.25) is 10.0 Å². The molecule has 0 amide bonds. The molecule has 1 fully saturated rings. The quantitative estimate of drug-likeness (QED) is 0.789. The number of rotatable bonds is 6. The van der Waals surface area contributed by atoms with Crippen molar-refractivity contribution in [2.24, 2.45) is 0 Å². The molecule has 2 aromatic carbocycles. The highest BCUT2D eigenvalue weighted by Gasteiger charge is 2.22. The zero-order valence-corrected chi connectivity index (χ0v) is 15.2. The van der Waals surface area contributed by atoms with Gasteiger partial charge in [-0.15, -0.1) is 0 Å². The van der Waals surface area contributed by atoms with E-state index in [0.717, 1.165) is 13.1 Å². The lowest BCUT2D eigenvalue weighted by atomic mass is 10.2. The summed E-state index contributed by atoms with van der Waals surface area (Å²) >= 11 is 12.1. The molecule has 1 heterocycles. The summed E-state index contributed by atoms with van der Waals surface area (Å²) in [4.78, 5) is 3.27. The van der Waals surface area contributed by atoms with Crippen molar-refractivity contribution < 1.29 is 14.5 Å². The van der Waals surface area contributed by atoms with Crippen LogP contribution in [0.3, 0.4) is 0 Å². The number of hydrogen-bond donors (Lipinski definition) is 2. The number of piperazine rings is 1. The van der Waals surface area contributed by atoms with Crippen LogP contribution in [0.5, 0.6) is 5.75 Å². The van der Waals surface area contributed by atoms with E-state index in [0.29, 0.717) is 22.4 Å². The number of hydrogen-bond acceptors (Lipinski definition) is 1. The maximum Gasteiger partial charge on any atom is 0.139 e. The number of benzene rings is 2. The molecule has 3 nitrogen and oxygen atoms in total. The van der Waals surface area contributed by atoms with Crippen molar-refractivity contribution in [3.8, 4) is 5.75 Å². The molecule has 0 radical (unpaired) electrons. The van der Waals surface area contributed by atoms with Gasteiger partial charge in [0.25, 0.3) is 0 Å². The predicted octanol–water partition coefficient (Wildman–Crippen LogP) is 1.36. The van der Waals surface area contributed by atoms with Crippen LogP contribution in [0.25, 0.3) is 0 Å². The van der Waals surface area contributed by atoms with Crippen molar-refractivity contribution in [1.82, 2.24) is 0 Å². The monoisotopic (exact) mass is 366 g/mol. The molecule has 2 N–H and O–H groups in total. The van der Waals surface area contributed by atoms with Crippen LogP contribution < -0.4 is 14.5 Å². The predicted molar refractivity (Wildman–Crippen MR) is 98.4 cm³/mol. The Bertz CT molecular complexity index is 643. The molecule has 0 aliphatic carbocycles. The van der Waals surface area contributed by atoms with Crippen LogP contribution in [-0.4, -0.2) is 39.3 Å². The largest absolute Gasteiger partial charge is 0.486 e. The number of quaternary nitrogens is 2. The molecule has 5 heteroatoms. The molecule has 0 saturated carbocycles. The Morgan fingerprint density at radius 1 is 0.833 bits per heavy atom. The van der Waals surface area contributed by atoms with E-state index < -0.39 is 0 Å². The Morgan fingerprint density at radius 2 is 1.54 bits per heavy atom. The summed E-state index contributed by atoms with van der Waals surface area (Å²) in [5.41, 5.74) is 1.43. The second-order valence-corrected chi connectivity index (χ2v) is 7.10. The molecule has 0 aromatic heterocycles. The minimum atomic E-state index is 0.506. The highest BCUT2D eigenvalue weighted by atomic mass is 35.5. The van der Waals surface area contributed by atoms with Gasteiger partial charge in [0.1, 0.15) is 56.6 Å². The smallest absolute Gasteiger partial charge is 0.139 e. The van der Waals surface area contributed by atoms with Crippen LogP contribution >= 0.6 is 23.2 Å². The SMILES string of the molecule is Clc1cccc(OCC[NH+]2CC[NH+](Cc3ccccc3)CC2)c1Cl. The minimum Gasteiger partial charge on any atom is -0.486 e. The molecule has 24 heavy (non-hydrogen) atoms. The third-order valence-corrected chi connectivity index (χ3v) is 5.39. The molecule has 1 saturated heterocycles. The summed E-state index contributed by atoms with van der Waals surface area (Å²) in [7, 11) is 0. The first-order valence-corrected chi connectivity index (χ1v) is 9.26. The number of halogens is 2. The highest BCUT2D eigenvalue weighted by molar-refractivity contribution is 6.42. The van der Waals surface area contributed by atoms with E-state index in [2.05, 4.69) is 30.3 Å². The summed E-state index contributed by atoms with van der Waals surface area (Å²) in [6.07, 6.45) is 0. The van der Waals surface area contributed by atoms with Gasteiger partial charge in [-0.1, -0.05) is 59.6 Å². The Kier molecular flexibility index (Phi) is 6.38. The van der Waals surface area contributed by atoms with Gasteiger partial charge in [0, 0.05) is 5.56 Å². The third-order valence-electron chi connectivity index (χ3n) is 4.59. The van der Waals surface area contributed by atoms with Gasteiger partial charge in [-0.25, -0.2) is 0 Å². The zero-order valence-electron chi connectivity index (χ0n) is 13.7. The van der Waals surface area contributed by atoms with Gasteiger partial charge < -0.3 is 14.5 Å². The van der Waals surface area contributed by atoms with E-state index in [-0.39, 0.29) is 0 Å². The van der Waals surface area contributed by atoms with Gasteiger partial charge in [0.15, 0.2) is 0 Å². The van der Waals surface area contributed by atoms with E-state index in [9.17, 15) is 0 Å². The summed E-state index contributed by atoms with van der Waals surface area (Å²) in [6.45, 7) is 7.60. The molecule has 0 spiro atoms. The van der Waals surface area contributed by atoms with Crippen LogP contribution in [0.15, 0.2) is 48.5 Å². The van der Waals surface area contributed by atoms with Crippen molar-refractivity contribution in [2.75, 3.05) is 39.3 Å². The van der Waals surface area contributed by atoms with Gasteiger partial charge >= 0.3 is 0 Å². The fourth-order valence-corrected chi connectivity index (χ4v) is 3.52. The first-order valence-electron chi connectivity index (χ1n) is 8.50. The fourth-order valence-electron chi connectivity index (χ4n) is 3.17. The summed E-state index contributed by atoms with van der Waals surface area (Å²) in [5, 5.41) is 1.05. The van der Waals surface area contributed by atoms with Crippen LogP contribution in [-0.2, 0) is 6.54 Å².